The number of anilines is 3. The number of nitrogens with two attached hydrogens (primary N) is 1. The third-order valence-electron chi connectivity index (χ3n) is 4.03. The van der Waals surface area contributed by atoms with E-state index in [2.05, 4.69) is 20.6 Å². The molecule has 0 saturated heterocycles. The number of hydrogen-bond donors (Lipinski definition) is 3. The molecule has 8 nitrogen and oxygen atoms in total. The molecule has 1 aromatic heterocycles. The lowest BCUT2D eigenvalue weighted by atomic mass is 9.95. The zero-order valence-corrected chi connectivity index (χ0v) is 13.1. The Hall–Kier alpha value is -2.12. The maximum atomic E-state index is 11.3. The van der Waals surface area contributed by atoms with Crippen molar-refractivity contribution in [3.05, 3.63) is 10.1 Å². The first-order valence-electron chi connectivity index (χ1n) is 7.86. The van der Waals surface area contributed by atoms with Gasteiger partial charge in [-0.05, 0) is 26.2 Å². The number of aromatic nitrogens is 2. The van der Waals surface area contributed by atoms with Crippen LogP contribution in [-0.4, -0.2) is 27.0 Å². The monoisotopic (exact) mass is 308 g/mol. The van der Waals surface area contributed by atoms with Gasteiger partial charge in [0.25, 0.3) is 0 Å². The maximum Gasteiger partial charge on any atom is 0.353 e. The molecule has 1 aliphatic carbocycles. The molecule has 22 heavy (non-hydrogen) atoms. The highest BCUT2D eigenvalue weighted by Gasteiger charge is 2.26. The van der Waals surface area contributed by atoms with Crippen molar-refractivity contribution in [1.29, 1.82) is 0 Å². The van der Waals surface area contributed by atoms with Crippen molar-refractivity contribution in [2.75, 3.05) is 16.4 Å². The first-order valence-corrected chi connectivity index (χ1v) is 7.86. The number of nitrogens with zero attached hydrogens (tertiary/aromatic N) is 3. The predicted octanol–water partition coefficient (Wildman–Crippen LogP) is 2.92. The molecule has 0 amide bonds. The number of hydrogen-bond acceptors (Lipinski definition) is 7. The standard InChI is InChI=1S/C14H24N6O2/c1-3-9(2)16-14-18-12(15)11(20(21)22)13(19-14)17-10-7-5-4-6-8-10/h9-10H,3-8H2,1-2H3,(H4,15,16,17,18,19)/t9-/m0/s1. The van der Waals surface area contributed by atoms with E-state index in [-0.39, 0.29) is 29.4 Å². The Morgan fingerprint density at radius 2 is 2.05 bits per heavy atom. The molecule has 1 atom stereocenters. The number of nitrogen functional groups attached to an aromatic ring is 1. The van der Waals surface area contributed by atoms with Gasteiger partial charge in [-0.15, -0.1) is 0 Å². The lowest BCUT2D eigenvalue weighted by molar-refractivity contribution is -0.383. The summed E-state index contributed by atoms with van der Waals surface area (Å²) in [5, 5.41) is 17.6. The van der Waals surface area contributed by atoms with Crippen molar-refractivity contribution in [2.24, 2.45) is 0 Å². The quantitative estimate of drug-likeness (QED) is 0.546. The maximum absolute atomic E-state index is 11.3. The van der Waals surface area contributed by atoms with Gasteiger partial charge in [-0.2, -0.15) is 9.97 Å². The van der Waals surface area contributed by atoms with Crippen molar-refractivity contribution in [2.45, 2.75) is 64.5 Å². The molecule has 1 heterocycles. The molecule has 0 radical (unpaired) electrons. The van der Waals surface area contributed by atoms with Crippen LogP contribution in [0.25, 0.3) is 0 Å². The van der Waals surface area contributed by atoms with E-state index in [4.69, 9.17) is 5.73 Å². The molecule has 4 N–H and O–H groups in total. The summed E-state index contributed by atoms with van der Waals surface area (Å²) in [6.07, 6.45) is 6.36. The minimum Gasteiger partial charge on any atom is -0.378 e. The molecule has 0 unspecified atom stereocenters. The summed E-state index contributed by atoms with van der Waals surface area (Å²) in [5.41, 5.74) is 5.54. The van der Waals surface area contributed by atoms with Crippen LogP contribution in [0, 0.1) is 10.1 Å². The molecular formula is C14H24N6O2. The van der Waals surface area contributed by atoms with Gasteiger partial charge in [0.15, 0.2) is 0 Å². The second-order valence-corrected chi connectivity index (χ2v) is 5.82. The van der Waals surface area contributed by atoms with E-state index in [9.17, 15) is 10.1 Å². The van der Waals surface area contributed by atoms with Crippen LogP contribution in [0.15, 0.2) is 0 Å². The average molecular weight is 308 g/mol. The second-order valence-electron chi connectivity index (χ2n) is 5.82. The van der Waals surface area contributed by atoms with E-state index in [1.807, 2.05) is 13.8 Å². The molecule has 1 aromatic rings. The summed E-state index contributed by atoms with van der Waals surface area (Å²) in [6, 6.07) is 0.376. The smallest absolute Gasteiger partial charge is 0.353 e. The van der Waals surface area contributed by atoms with Crippen LogP contribution in [0.2, 0.25) is 0 Å². The molecule has 0 spiro atoms. The SMILES string of the molecule is CC[C@H](C)Nc1nc(N)c([N+](=O)[O-])c(NC2CCCCC2)n1. The van der Waals surface area contributed by atoms with Crippen LogP contribution in [0.3, 0.4) is 0 Å². The van der Waals surface area contributed by atoms with Crippen LogP contribution in [0.1, 0.15) is 52.4 Å². The van der Waals surface area contributed by atoms with Gasteiger partial charge in [0.1, 0.15) is 0 Å². The zero-order chi connectivity index (χ0) is 16.1. The molecule has 1 fully saturated rings. The van der Waals surface area contributed by atoms with Crippen LogP contribution in [-0.2, 0) is 0 Å². The topological polar surface area (TPSA) is 119 Å². The summed E-state index contributed by atoms with van der Waals surface area (Å²) in [7, 11) is 0. The average Bonchev–Trinajstić information content (AvgIpc) is 2.47. The van der Waals surface area contributed by atoms with Crippen LogP contribution < -0.4 is 16.4 Å². The fourth-order valence-electron chi connectivity index (χ4n) is 2.58. The molecule has 2 rings (SSSR count). The van der Waals surface area contributed by atoms with Crippen LogP contribution >= 0.6 is 0 Å². The highest BCUT2D eigenvalue weighted by molar-refractivity contribution is 5.70. The molecular weight excluding hydrogens is 284 g/mol. The molecule has 0 bridgehead atoms. The lowest BCUT2D eigenvalue weighted by Gasteiger charge is -2.23. The Balaban J connectivity index is 2.27. The van der Waals surface area contributed by atoms with Crippen LogP contribution in [0.4, 0.5) is 23.3 Å². The van der Waals surface area contributed by atoms with E-state index in [0.717, 1.165) is 32.1 Å². The fourth-order valence-corrected chi connectivity index (χ4v) is 2.58. The third-order valence-corrected chi connectivity index (χ3v) is 4.03. The van der Waals surface area contributed by atoms with Gasteiger partial charge < -0.3 is 16.4 Å². The highest BCUT2D eigenvalue weighted by atomic mass is 16.6. The van der Waals surface area contributed by atoms with Gasteiger partial charge in [0, 0.05) is 12.1 Å². The Morgan fingerprint density at radius 3 is 2.64 bits per heavy atom. The Kier molecular flexibility index (Phi) is 5.35. The predicted molar refractivity (Wildman–Crippen MR) is 87.0 cm³/mol. The Labute approximate surface area is 130 Å². The zero-order valence-electron chi connectivity index (χ0n) is 13.1. The minimum atomic E-state index is -0.520. The summed E-state index contributed by atoms with van der Waals surface area (Å²) < 4.78 is 0. The first-order chi connectivity index (χ1) is 10.5. The lowest BCUT2D eigenvalue weighted by Crippen LogP contribution is -2.25. The first kappa shape index (κ1) is 16.3. The number of nitrogens with one attached hydrogen (secondary N) is 2. The van der Waals surface area contributed by atoms with Gasteiger partial charge in [-0.1, -0.05) is 26.2 Å². The Bertz CT molecular complexity index is 530. The number of rotatable bonds is 6. The molecule has 0 aliphatic heterocycles. The summed E-state index contributed by atoms with van der Waals surface area (Å²) >= 11 is 0. The molecule has 1 saturated carbocycles. The van der Waals surface area contributed by atoms with E-state index >= 15 is 0 Å². The fraction of sp³-hybridized carbons (Fsp3) is 0.714. The van der Waals surface area contributed by atoms with Gasteiger partial charge in [0.05, 0.1) is 4.92 Å². The molecule has 0 aromatic carbocycles. The highest BCUT2D eigenvalue weighted by Crippen LogP contribution is 2.31. The third kappa shape index (κ3) is 3.96. The van der Waals surface area contributed by atoms with E-state index in [1.54, 1.807) is 0 Å². The van der Waals surface area contributed by atoms with Crippen LogP contribution in [0.5, 0.6) is 0 Å². The molecule has 1 aliphatic rings. The van der Waals surface area contributed by atoms with Crippen molar-refractivity contribution in [1.82, 2.24) is 9.97 Å². The van der Waals surface area contributed by atoms with E-state index in [0.29, 0.717) is 5.95 Å². The summed E-state index contributed by atoms with van der Waals surface area (Å²) in [4.78, 5) is 19.0. The second kappa shape index (κ2) is 7.24. The molecule has 8 heteroatoms. The van der Waals surface area contributed by atoms with Gasteiger partial charge >= 0.3 is 5.69 Å². The van der Waals surface area contributed by atoms with E-state index in [1.165, 1.54) is 6.42 Å². The van der Waals surface area contributed by atoms with Crippen molar-refractivity contribution >= 4 is 23.3 Å². The van der Waals surface area contributed by atoms with Crippen molar-refractivity contribution < 1.29 is 4.92 Å². The van der Waals surface area contributed by atoms with Gasteiger partial charge in [0.2, 0.25) is 17.6 Å². The van der Waals surface area contributed by atoms with Gasteiger partial charge in [-0.3, -0.25) is 10.1 Å². The van der Waals surface area contributed by atoms with Crippen molar-refractivity contribution in [3.63, 3.8) is 0 Å². The Morgan fingerprint density at radius 1 is 1.36 bits per heavy atom. The minimum absolute atomic E-state index is 0.107. The molecule has 122 valence electrons. The van der Waals surface area contributed by atoms with E-state index < -0.39 is 4.92 Å². The number of nitro groups is 1. The largest absolute Gasteiger partial charge is 0.378 e. The summed E-state index contributed by atoms with van der Waals surface area (Å²) in [6.45, 7) is 4.03. The summed E-state index contributed by atoms with van der Waals surface area (Å²) in [5.74, 6) is 0.440. The van der Waals surface area contributed by atoms with Crippen molar-refractivity contribution in [3.8, 4) is 0 Å². The normalized spacial score (nSPS) is 17.0. The van der Waals surface area contributed by atoms with Gasteiger partial charge in [-0.25, -0.2) is 0 Å².